The minimum absolute atomic E-state index is 0.0846. The quantitative estimate of drug-likeness (QED) is 0.827. The number of likely N-dealkylation sites (tertiary alicyclic amines) is 1. The standard InChI is InChI=1S/C19H19ClN2O2S/c20-16-6-2-1-5-15(16)17-9-7-14(25-17)8-10-18(23)22-11-3-4-13(12-22)19(21)24/h1-2,5-10,13H,3-4,11-12H2,(H2,21,24)/b10-8+. The maximum absolute atomic E-state index is 12.3. The van der Waals surface area contributed by atoms with E-state index in [0.29, 0.717) is 18.1 Å². The Morgan fingerprint density at radius 3 is 2.80 bits per heavy atom. The van der Waals surface area contributed by atoms with Crippen LogP contribution in [0.25, 0.3) is 16.5 Å². The van der Waals surface area contributed by atoms with Gasteiger partial charge >= 0.3 is 0 Å². The third kappa shape index (κ3) is 4.30. The average Bonchev–Trinajstić information content (AvgIpc) is 3.09. The maximum atomic E-state index is 12.3. The van der Waals surface area contributed by atoms with Crippen molar-refractivity contribution in [2.24, 2.45) is 11.7 Å². The van der Waals surface area contributed by atoms with Crippen molar-refractivity contribution >= 4 is 40.8 Å². The van der Waals surface area contributed by atoms with Gasteiger partial charge in [0, 0.05) is 39.5 Å². The highest BCUT2D eigenvalue weighted by Gasteiger charge is 2.25. The lowest BCUT2D eigenvalue weighted by Gasteiger charge is -2.30. The molecule has 2 aromatic rings. The van der Waals surface area contributed by atoms with Crippen LogP contribution >= 0.6 is 22.9 Å². The number of piperidine rings is 1. The summed E-state index contributed by atoms with van der Waals surface area (Å²) in [7, 11) is 0. The smallest absolute Gasteiger partial charge is 0.246 e. The number of primary amides is 1. The van der Waals surface area contributed by atoms with Crippen molar-refractivity contribution in [3.8, 4) is 10.4 Å². The molecule has 1 aliphatic rings. The lowest BCUT2D eigenvalue weighted by molar-refractivity contribution is -0.130. The van der Waals surface area contributed by atoms with Gasteiger partial charge in [-0.1, -0.05) is 29.8 Å². The fourth-order valence-electron chi connectivity index (χ4n) is 2.92. The van der Waals surface area contributed by atoms with E-state index >= 15 is 0 Å². The second kappa shape index (κ2) is 7.85. The lowest BCUT2D eigenvalue weighted by Crippen LogP contribution is -2.43. The molecule has 25 heavy (non-hydrogen) atoms. The molecule has 0 aliphatic carbocycles. The van der Waals surface area contributed by atoms with Crippen LogP contribution in [0.5, 0.6) is 0 Å². The van der Waals surface area contributed by atoms with Crippen molar-refractivity contribution in [2.75, 3.05) is 13.1 Å². The number of halogens is 1. The number of thiophene rings is 1. The molecule has 1 fully saturated rings. The molecule has 0 spiro atoms. The van der Waals surface area contributed by atoms with Crippen LogP contribution < -0.4 is 5.73 Å². The molecule has 2 heterocycles. The van der Waals surface area contributed by atoms with Crippen molar-refractivity contribution in [2.45, 2.75) is 12.8 Å². The number of nitrogens with zero attached hydrogens (tertiary/aromatic N) is 1. The van der Waals surface area contributed by atoms with Gasteiger partial charge in [-0.3, -0.25) is 9.59 Å². The van der Waals surface area contributed by atoms with Crippen LogP contribution in [0.2, 0.25) is 5.02 Å². The summed E-state index contributed by atoms with van der Waals surface area (Å²) in [6.45, 7) is 1.08. The number of hydrogen-bond donors (Lipinski definition) is 1. The van der Waals surface area contributed by atoms with E-state index in [4.69, 9.17) is 17.3 Å². The Kier molecular flexibility index (Phi) is 5.56. The molecule has 0 bridgehead atoms. The average molecular weight is 375 g/mol. The summed E-state index contributed by atoms with van der Waals surface area (Å²) >= 11 is 7.80. The number of benzene rings is 1. The fourth-order valence-corrected chi connectivity index (χ4v) is 4.16. The molecule has 2 amide bonds. The van der Waals surface area contributed by atoms with Crippen LogP contribution in [0.15, 0.2) is 42.5 Å². The molecule has 4 nitrogen and oxygen atoms in total. The summed E-state index contributed by atoms with van der Waals surface area (Å²) < 4.78 is 0. The van der Waals surface area contributed by atoms with Gasteiger partial charge in [0.2, 0.25) is 11.8 Å². The van der Waals surface area contributed by atoms with E-state index in [1.54, 1.807) is 28.4 Å². The molecule has 0 radical (unpaired) electrons. The summed E-state index contributed by atoms with van der Waals surface area (Å²) in [6, 6.07) is 11.7. The van der Waals surface area contributed by atoms with E-state index in [2.05, 4.69) is 0 Å². The van der Waals surface area contributed by atoms with E-state index in [9.17, 15) is 9.59 Å². The predicted octanol–water partition coefficient (Wildman–Crippen LogP) is 3.81. The summed E-state index contributed by atoms with van der Waals surface area (Å²) in [5.74, 6) is -0.651. The Labute approximate surface area is 155 Å². The fraction of sp³-hybridized carbons (Fsp3) is 0.263. The molecular formula is C19H19ClN2O2S. The second-order valence-electron chi connectivity index (χ2n) is 6.04. The molecule has 0 saturated carbocycles. The maximum Gasteiger partial charge on any atom is 0.246 e. The first kappa shape index (κ1) is 17.7. The highest BCUT2D eigenvalue weighted by molar-refractivity contribution is 7.16. The van der Waals surface area contributed by atoms with Crippen LogP contribution in [-0.4, -0.2) is 29.8 Å². The third-order valence-electron chi connectivity index (χ3n) is 4.29. The minimum atomic E-state index is -0.330. The zero-order chi connectivity index (χ0) is 17.8. The highest BCUT2D eigenvalue weighted by Crippen LogP contribution is 2.33. The van der Waals surface area contributed by atoms with Crippen LogP contribution in [0.4, 0.5) is 0 Å². The lowest BCUT2D eigenvalue weighted by atomic mass is 9.97. The highest BCUT2D eigenvalue weighted by atomic mass is 35.5. The van der Waals surface area contributed by atoms with Gasteiger partial charge in [0.15, 0.2) is 0 Å². The van der Waals surface area contributed by atoms with Crippen molar-refractivity contribution in [3.05, 3.63) is 52.4 Å². The van der Waals surface area contributed by atoms with Crippen LogP contribution in [0, 0.1) is 5.92 Å². The van der Waals surface area contributed by atoms with Gasteiger partial charge in [-0.15, -0.1) is 11.3 Å². The molecule has 1 aromatic heterocycles. The Morgan fingerprint density at radius 1 is 1.24 bits per heavy atom. The van der Waals surface area contributed by atoms with Gasteiger partial charge in [0.25, 0.3) is 0 Å². The number of amides is 2. The Morgan fingerprint density at radius 2 is 2.04 bits per heavy atom. The minimum Gasteiger partial charge on any atom is -0.369 e. The second-order valence-corrected chi connectivity index (χ2v) is 7.56. The van der Waals surface area contributed by atoms with E-state index in [1.165, 1.54) is 0 Å². The van der Waals surface area contributed by atoms with Gasteiger partial charge in [0.1, 0.15) is 0 Å². The van der Waals surface area contributed by atoms with Crippen molar-refractivity contribution in [3.63, 3.8) is 0 Å². The number of hydrogen-bond acceptors (Lipinski definition) is 3. The third-order valence-corrected chi connectivity index (χ3v) is 5.71. The largest absolute Gasteiger partial charge is 0.369 e. The molecule has 1 aromatic carbocycles. The normalized spacial score (nSPS) is 17.8. The van der Waals surface area contributed by atoms with Crippen LogP contribution in [0.1, 0.15) is 17.7 Å². The molecule has 2 N–H and O–H groups in total. The van der Waals surface area contributed by atoms with Crippen molar-refractivity contribution in [1.82, 2.24) is 4.90 Å². The zero-order valence-corrected chi connectivity index (χ0v) is 15.2. The predicted molar refractivity (Wildman–Crippen MR) is 102 cm³/mol. The molecule has 1 atom stereocenters. The Balaban J connectivity index is 1.67. The molecule has 6 heteroatoms. The first-order chi connectivity index (χ1) is 12.0. The van der Waals surface area contributed by atoms with Gasteiger partial charge in [-0.2, -0.15) is 0 Å². The van der Waals surface area contributed by atoms with E-state index < -0.39 is 0 Å². The Hall–Kier alpha value is -2.11. The van der Waals surface area contributed by atoms with Gasteiger partial charge in [-0.25, -0.2) is 0 Å². The molecule has 3 rings (SSSR count). The topological polar surface area (TPSA) is 63.4 Å². The van der Waals surface area contributed by atoms with E-state index in [-0.39, 0.29) is 17.7 Å². The monoisotopic (exact) mass is 374 g/mol. The van der Waals surface area contributed by atoms with Gasteiger partial charge in [-0.05, 0) is 37.1 Å². The molecule has 1 saturated heterocycles. The number of carbonyl (C=O) groups excluding carboxylic acids is 2. The van der Waals surface area contributed by atoms with Crippen LogP contribution in [-0.2, 0) is 9.59 Å². The van der Waals surface area contributed by atoms with Gasteiger partial charge in [0.05, 0.1) is 5.92 Å². The first-order valence-electron chi connectivity index (χ1n) is 8.15. The SMILES string of the molecule is NC(=O)C1CCCN(C(=O)/C=C/c2ccc(-c3ccccc3Cl)s2)C1. The first-order valence-corrected chi connectivity index (χ1v) is 9.35. The molecule has 1 aliphatic heterocycles. The Bertz CT molecular complexity index is 815. The summed E-state index contributed by atoms with van der Waals surface area (Å²) in [5.41, 5.74) is 6.35. The molecular weight excluding hydrogens is 356 g/mol. The number of nitrogens with two attached hydrogens (primary N) is 1. The summed E-state index contributed by atoms with van der Waals surface area (Å²) in [4.78, 5) is 27.4. The van der Waals surface area contributed by atoms with Gasteiger partial charge < -0.3 is 10.6 Å². The van der Waals surface area contributed by atoms with E-state index in [1.807, 2.05) is 36.4 Å². The molecule has 1 unspecified atom stereocenters. The van der Waals surface area contributed by atoms with Crippen molar-refractivity contribution < 1.29 is 9.59 Å². The summed E-state index contributed by atoms with van der Waals surface area (Å²) in [6.07, 6.45) is 4.94. The van der Waals surface area contributed by atoms with E-state index in [0.717, 1.165) is 28.2 Å². The number of rotatable bonds is 4. The van der Waals surface area contributed by atoms with Crippen molar-refractivity contribution in [1.29, 1.82) is 0 Å². The van der Waals surface area contributed by atoms with Crippen LogP contribution in [0.3, 0.4) is 0 Å². The number of carbonyl (C=O) groups is 2. The molecule has 130 valence electrons. The summed E-state index contributed by atoms with van der Waals surface area (Å²) in [5, 5.41) is 0.710. The zero-order valence-electron chi connectivity index (χ0n) is 13.7.